The predicted octanol–water partition coefficient (Wildman–Crippen LogP) is 5.16. The second-order valence-electron chi connectivity index (χ2n) is 5.65. The van der Waals surface area contributed by atoms with Gasteiger partial charge in [0.2, 0.25) is 5.88 Å². The number of fused-ring (bicyclic) bond motifs is 2. The van der Waals surface area contributed by atoms with E-state index in [-0.39, 0.29) is 5.78 Å². The molecule has 24 heavy (non-hydrogen) atoms. The Kier molecular flexibility index (Phi) is 3.62. The Labute approximate surface area is 148 Å². The highest BCUT2D eigenvalue weighted by molar-refractivity contribution is 9.10. The van der Waals surface area contributed by atoms with Crippen LogP contribution in [0.5, 0.6) is 5.75 Å². The molecule has 0 bridgehead atoms. The Morgan fingerprint density at radius 2 is 1.88 bits per heavy atom. The van der Waals surface area contributed by atoms with Gasteiger partial charge in [-0.15, -0.1) is 0 Å². The molecule has 0 aromatic heterocycles. The fourth-order valence-corrected chi connectivity index (χ4v) is 3.24. The second kappa shape index (κ2) is 5.80. The average molecular weight is 380 g/mol. The number of rotatable bonds is 2. The van der Waals surface area contributed by atoms with Gasteiger partial charge in [0.05, 0.1) is 5.69 Å². The lowest BCUT2D eigenvalue weighted by Gasteiger charge is -2.11. The molecule has 1 aliphatic heterocycles. The minimum Gasteiger partial charge on any atom is -0.438 e. The van der Waals surface area contributed by atoms with Crippen molar-refractivity contribution in [1.82, 2.24) is 0 Å². The number of hydrogen-bond acceptors (Lipinski definition) is 3. The predicted molar refractivity (Wildman–Crippen MR) is 99.5 cm³/mol. The molecule has 0 N–H and O–H groups in total. The molecule has 4 rings (SSSR count). The summed E-state index contributed by atoms with van der Waals surface area (Å²) in [5.74, 6) is 1.21. The number of benzene rings is 3. The fraction of sp³-hybridized carbons (Fsp3) is 0.0500. The molecule has 3 aromatic carbocycles. The van der Waals surface area contributed by atoms with E-state index in [2.05, 4.69) is 15.9 Å². The Hall–Kier alpha value is -2.59. The van der Waals surface area contributed by atoms with Crippen LogP contribution >= 0.6 is 15.9 Å². The summed E-state index contributed by atoms with van der Waals surface area (Å²) in [5.41, 5.74) is 1.61. The number of ketones is 1. The van der Waals surface area contributed by atoms with E-state index >= 15 is 0 Å². The van der Waals surface area contributed by atoms with Crippen molar-refractivity contribution in [2.75, 3.05) is 11.9 Å². The van der Waals surface area contributed by atoms with Crippen LogP contribution < -0.4 is 9.64 Å². The first-order chi connectivity index (χ1) is 11.6. The molecule has 1 heterocycles. The largest absolute Gasteiger partial charge is 0.438 e. The highest BCUT2D eigenvalue weighted by Crippen LogP contribution is 2.39. The highest BCUT2D eigenvalue weighted by Gasteiger charge is 2.24. The van der Waals surface area contributed by atoms with Crippen molar-refractivity contribution in [2.24, 2.45) is 0 Å². The SMILES string of the molecule is CN1C(=CC(=O)c2cccc3ccccc23)Oc2ccc(Br)cc21. The Morgan fingerprint density at radius 3 is 2.75 bits per heavy atom. The van der Waals surface area contributed by atoms with Gasteiger partial charge in [-0.25, -0.2) is 0 Å². The van der Waals surface area contributed by atoms with Crippen molar-refractivity contribution in [3.8, 4) is 5.75 Å². The summed E-state index contributed by atoms with van der Waals surface area (Å²) in [4.78, 5) is 14.7. The lowest BCUT2D eigenvalue weighted by molar-refractivity contribution is 0.104. The number of halogens is 1. The molecule has 118 valence electrons. The van der Waals surface area contributed by atoms with E-state index in [0.29, 0.717) is 11.4 Å². The molecule has 0 atom stereocenters. The minimum absolute atomic E-state index is 0.0690. The zero-order valence-corrected chi connectivity index (χ0v) is 14.6. The first-order valence-electron chi connectivity index (χ1n) is 7.58. The lowest BCUT2D eigenvalue weighted by atomic mass is 10.0. The maximum absolute atomic E-state index is 12.8. The summed E-state index contributed by atoms with van der Waals surface area (Å²) >= 11 is 3.46. The van der Waals surface area contributed by atoms with E-state index in [1.54, 1.807) is 6.08 Å². The Morgan fingerprint density at radius 1 is 1.08 bits per heavy atom. The lowest BCUT2D eigenvalue weighted by Crippen LogP contribution is -2.15. The maximum atomic E-state index is 12.8. The number of nitrogens with zero attached hydrogens (tertiary/aromatic N) is 1. The van der Waals surface area contributed by atoms with Crippen molar-refractivity contribution in [3.63, 3.8) is 0 Å². The van der Waals surface area contributed by atoms with E-state index in [0.717, 1.165) is 26.7 Å². The number of ether oxygens (including phenoxy) is 1. The third kappa shape index (κ3) is 2.49. The topological polar surface area (TPSA) is 29.5 Å². The maximum Gasteiger partial charge on any atom is 0.204 e. The standard InChI is InChI=1S/C20H14BrNO2/c1-22-17-11-14(21)9-10-19(17)24-20(22)12-18(23)16-8-4-6-13-5-2-3-7-15(13)16/h2-12H,1H3. The molecule has 0 amide bonds. The van der Waals surface area contributed by atoms with Crippen LogP contribution in [0, 0.1) is 0 Å². The van der Waals surface area contributed by atoms with E-state index < -0.39 is 0 Å². The van der Waals surface area contributed by atoms with Gasteiger partial charge < -0.3 is 9.64 Å². The Balaban J connectivity index is 1.73. The van der Waals surface area contributed by atoms with Gasteiger partial charge in [0.15, 0.2) is 11.5 Å². The van der Waals surface area contributed by atoms with E-state index in [9.17, 15) is 4.79 Å². The van der Waals surface area contributed by atoms with E-state index in [4.69, 9.17) is 4.74 Å². The van der Waals surface area contributed by atoms with Crippen molar-refractivity contribution in [2.45, 2.75) is 0 Å². The van der Waals surface area contributed by atoms with Gasteiger partial charge >= 0.3 is 0 Å². The minimum atomic E-state index is -0.0690. The summed E-state index contributed by atoms with van der Waals surface area (Å²) < 4.78 is 6.79. The molecule has 0 radical (unpaired) electrons. The third-order valence-electron chi connectivity index (χ3n) is 4.14. The second-order valence-corrected chi connectivity index (χ2v) is 6.56. The zero-order chi connectivity index (χ0) is 16.7. The van der Waals surface area contributed by atoms with Gasteiger partial charge in [0.25, 0.3) is 0 Å². The summed E-state index contributed by atoms with van der Waals surface area (Å²) in [6.45, 7) is 0. The molecule has 0 spiro atoms. The number of carbonyl (C=O) groups excluding carboxylic acids is 1. The average Bonchev–Trinajstić information content (AvgIpc) is 2.90. The van der Waals surface area contributed by atoms with Gasteiger partial charge in [-0.2, -0.15) is 0 Å². The van der Waals surface area contributed by atoms with Crippen molar-refractivity contribution in [3.05, 3.63) is 82.7 Å². The molecule has 0 aliphatic carbocycles. The third-order valence-corrected chi connectivity index (χ3v) is 4.63. The van der Waals surface area contributed by atoms with Gasteiger partial charge in [-0.3, -0.25) is 4.79 Å². The van der Waals surface area contributed by atoms with Gasteiger partial charge in [-0.1, -0.05) is 58.4 Å². The van der Waals surface area contributed by atoms with Crippen LogP contribution in [0.15, 0.2) is 77.1 Å². The highest BCUT2D eigenvalue weighted by atomic mass is 79.9. The van der Waals surface area contributed by atoms with Crippen LogP contribution in [0.4, 0.5) is 5.69 Å². The Bertz CT molecular complexity index is 989. The zero-order valence-electron chi connectivity index (χ0n) is 13.0. The first kappa shape index (κ1) is 15.0. The molecular weight excluding hydrogens is 366 g/mol. The molecule has 0 fully saturated rings. The number of allylic oxidation sites excluding steroid dienone is 1. The van der Waals surface area contributed by atoms with Crippen molar-refractivity contribution < 1.29 is 9.53 Å². The molecule has 4 heteroatoms. The molecule has 0 saturated heterocycles. The molecular formula is C20H14BrNO2. The van der Waals surface area contributed by atoms with Crippen LogP contribution in [-0.2, 0) is 0 Å². The number of carbonyl (C=O) groups is 1. The number of hydrogen-bond donors (Lipinski definition) is 0. The molecule has 1 aliphatic rings. The summed E-state index contributed by atoms with van der Waals surface area (Å²) in [6, 6.07) is 19.4. The molecule has 3 aromatic rings. The van der Waals surface area contributed by atoms with Gasteiger partial charge in [0.1, 0.15) is 0 Å². The van der Waals surface area contributed by atoms with Crippen LogP contribution in [0.2, 0.25) is 0 Å². The summed E-state index contributed by atoms with van der Waals surface area (Å²) in [5, 5.41) is 2.00. The van der Waals surface area contributed by atoms with Gasteiger partial charge in [0, 0.05) is 23.2 Å². The van der Waals surface area contributed by atoms with Crippen LogP contribution in [-0.4, -0.2) is 12.8 Å². The fourth-order valence-electron chi connectivity index (χ4n) is 2.90. The smallest absolute Gasteiger partial charge is 0.204 e. The van der Waals surface area contributed by atoms with Crippen LogP contribution in [0.1, 0.15) is 10.4 Å². The molecule has 0 saturated carbocycles. The molecule has 0 unspecified atom stereocenters. The monoisotopic (exact) mass is 379 g/mol. The summed E-state index contributed by atoms with van der Waals surface area (Å²) in [7, 11) is 1.89. The van der Waals surface area contributed by atoms with Crippen LogP contribution in [0.25, 0.3) is 10.8 Å². The van der Waals surface area contributed by atoms with Crippen molar-refractivity contribution >= 4 is 38.2 Å². The van der Waals surface area contributed by atoms with E-state index in [1.807, 2.05) is 72.6 Å². The first-order valence-corrected chi connectivity index (χ1v) is 8.38. The molecule has 3 nitrogen and oxygen atoms in total. The number of anilines is 1. The van der Waals surface area contributed by atoms with Crippen LogP contribution in [0.3, 0.4) is 0 Å². The van der Waals surface area contributed by atoms with Gasteiger partial charge in [-0.05, 0) is 29.0 Å². The van der Waals surface area contributed by atoms with E-state index in [1.165, 1.54) is 0 Å². The summed E-state index contributed by atoms with van der Waals surface area (Å²) in [6.07, 6.45) is 1.55. The van der Waals surface area contributed by atoms with Crippen molar-refractivity contribution in [1.29, 1.82) is 0 Å². The quantitative estimate of drug-likeness (QED) is 0.455. The normalized spacial score (nSPS) is 14.8.